The summed E-state index contributed by atoms with van der Waals surface area (Å²) in [4.78, 5) is 7.92. The van der Waals surface area contributed by atoms with Gasteiger partial charge >= 0.3 is 9.36 Å². The molecule has 3 N–H and O–H groups in total. The summed E-state index contributed by atoms with van der Waals surface area (Å²) in [6.07, 6.45) is 0. The van der Waals surface area contributed by atoms with Gasteiger partial charge in [-0.05, 0) is 0 Å². The Bertz CT molecular complexity index is 55.2. The minimum Gasteiger partial charge on any atom is -0.375 e. The Balaban J connectivity index is 2.94. The Morgan fingerprint density at radius 3 is 2.20 bits per heavy atom. The molecule has 1 unspecified atom stereocenters. The van der Waals surface area contributed by atoms with Crippen LogP contribution in [-0.4, -0.2) is 14.2 Å². The van der Waals surface area contributed by atoms with Gasteiger partial charge in [-0.3, -0.25) is 12.0 Å². The Labute approximate surface area is 31.7 Å². The first-order valence-electron chi connectivity index (χ1n) is 1.07. The van der Waals surface area contributed by atoms with Crippen molar-refractivity contribution in [2.45, 2.75) is 0 Å². The van der Waals surface area contributed by atoms with Crippen molar-refractivity contribution < 1.29 is 4.80 Å². The summed E-state index contributed by atoms with van der Waals surface area (Å²) in [6, 6.07) is 0. The molecule has 0 aliphatic carbocycles. The molecule has 5 heavy (non-hydrogen) atoms. The van der Waals surface area contributed by atoms with Gasteiger partial charge in [0.25, 0.3) is 0 Å². The first-order chi connectivity index (χ1) is 2.27. The van der Waals surface area contributed by atoms with E-state index in [0.29, 0.717) is 0 Å². The van der Waals surface area contributed by atoms with Gasteiger partial charge in [0.15, 0.2) is 0 Å². The van der Waals surface area contributed by atoms with Gasteiger partial charge in [0.1, 0.15) is 0 Å². The number of nitrogens with two attached hydrogens (primary N) is 1. The van der Waals surface area contributed by atoms with Crippen molar-refractivity contribution in [1.82, 2.24) is 0 Å². The van der Waals surface area contributed by atoms with Crippen molar-refractivity contribution in [1.29, 1.82) is 0 Å². The van der Waals surface area contributed by atoms with Gasteiger partial charge in [-0.2, -0.15) is 0 Å². The van der Waals surface area contributed by atoms with Crippen molar-refractivity contribution in [3.63, 3.8) is 0 Å². The fourth-order valence-electron chi connectivity index (χ4n) is 0. The van der Waals surface area contributed by atoms with E-state index < -0.39 is 9.36 Å². The number of rotatable bonds is 0. The predicted octanol–water partition coefficient (Wildman–Crippen LogP) is -1.43. The second-order valence-electron chi connectivity index (χ2n) is 0.543. The van der Waals surface area contributed by atoms with Gasteiger partial charge in [0.2, 0.25) is 0 Å². The average Bonchev–Trinajstić information content (AvgIpc) is 1.38. The third-order valence-electron chi connectivity index (χ3n) is 0.132. The summed E-state index contributed by atoms with van der Waals surface area (Å²) in [5.74, 6) is 0. The summed E-state index contributed by atoms with van der Waals surface area (Å²) in [5, 5.41) is 4.63. The largest absolute Gasteiger partial charge is 0.671 e. The van der Waals surface area contributed by atoms with Crippen LogP contribution in [-0.2, 0) is 0 Å². The molecule has 0 saturated carbocycles. The standard InChI is InChI=1S/CH4N2OSi/c1-3-5(2)4/h4-5H,2H2. The summed E-state index contributed by atoms with van der Waals surface area (Å²) >= 11 is 0. The van der Waals surface area contributed by atoms with Crippen LogP contribution in [0.4, 0.5) is 0 Å². The third kappa shape index (κ3) is 3.63. The highest BCUT2D eigenvalue weighted by Gasteiger charge is 1.99. The van der Waals surface area contributed by atoms with Crippen molar-refractivity contribution in [3.05, 3.63) is 11.1 Å². The highest BCUT2D eigenvalue weighted by atomic mass is 28.3. The lowest BCUT2D eigenvalue weighted by molar-refractivity contribution is 0.586. The molecule has 0 aliphatic heterocycles. The first kappa shape index (κ1) is 4.63. The van der Waals surface area contributed by atoms with Crippen LogP contribution in [0.1, 0.15) is 0 Å². The zero-order valence-corrected chi connectivity index (χ0v) is 3.70. The maximum atomic E-state index is 7.92. The van der Waals surface area contributed by atoms with Crippen LogP contribution in [0.15, 0.2) is 0 Å². The molecule has 28 valence electrons. The fraction of sp³-hybridized carbons (Fsp3) is 0. The van der Waals surface area contributed by atoms with E-state index in [9.17, 15) is 0 Å². The first-order valence-corrected chi connectivity index (χ1v) is 2.77. The lowest BCUT2D eigenvalue weighted by Crippen LogP contribution is -2.19. The van der Waals surface area contributed by atoms with Crippen LogP contribution in [0, 0.1) is 6.57 Å². The van der Waals surface area contributed by atoms with E-state index in [4.69, 9.17) is 11.4 Å². The van der Waals surface area contributed by atoms with Gasteiger partial charge < -0.3 is 9.31 Å². The van der Waals surface area contributed by atoms with Gasteiger partial charge in [0.05, 0.1) is 0 Å². The SMILES string of the molecule is [C-]#[N+][SiH](N)O. The zero-order valence-electron chi connectivity index (χ0n) is 2.55. The van der Waals surface area contributed by atoms with E-state index in [1.807, 2.05) is 0 Å². The van der Waals surface area contributed by atoms with Crippen molar-refractivity contribution in [2.75, 3.05) is 0 Å². The van der Waals surface area contributed by atoms with Gasteiger partial charge in [-0.25, -0.2) is 0 Å². The quantitative estimate of drug-likeness (QED) is 0.282. The van der Waals surface area contributed by atoms with Crippen LogP contribution >= 0.6 is 0 Å². The van der Waals surface area contributed by atoms with Crippen LogP contribution in [0.5, 0.6) is 0 Å². The molecule has 0 heterocycles. The van der Waals surface area contributed by atoms with E-state index in [0.717, 1.165) is 0 Å². The van der Waals surface area contributed by atoms with Crippen molar-refractivity contribution in [3.8, 4) is 0 Å². The smallest absolute Gasteiger partial charge is 0.375 e. The van der Waals surface area contributed by atoms with E-state index in [-0.39, 0.29) is 0 Å². The minimum atomic E-state index is -2.36. The number of nitrogens with zero attached hydrogens (tertiary/aromatic N) is 1. The van der Waals surface area contributed by atoms with Crippen LogP contribution in [0.2, 0.25) is 0 Å². The number of hydrogen-bond donors (Lipinski definition) is 2. The van der Waals surface area contributed by atoms with E-state index >= 15 is 0 Å². The molecular weight excluding hydrogens is 84.1 g/mol. The molecule has 0 bridgehead atoms. The van der Waals surface area contributed by atoms with Crippen LogP contribution in [0.3, 0.4) is 0 Å². The topological polar surface area (TPSA) is 50.6 Å². The molecule has 0 fully saturated rings. The Morgan fingerprint density at radius 1 is 2.00 bits per heavy atom. The molecule has 0 aromatic carbocycles. The molecule has 0 aromatic rings. The Morgan fingerprint density at radius 2 is 2.20 bits per heavy atom. The molecule has 1 atom stereocenters. The van der Waals surface area contributed by atoms with Gasteiger partial charge in [-0.15, -0.1) is 0 Å². The molecule has 4 heteroatoms. The second-order valence-corrected chi connectivity index (χ2v) is 1.63. The summed E-state index contributed by atoms with van der Waals surface area (Å²) in [6.45, 7) is 5.97. The molecule has 0 spiro atoms. The fourth-order valence-corrected chi connectivity index (χ4v) is 0. The molecule has 3 nitrogen and oxygen atoms in total. The highest BCUT2D eigenvalue weighted by Crippen LogP contribution is 1.54. The average molecular weight is 88.1 g/mol. The van der Waals surface area contributed by atoms with Crippen LogP contribution < -0.4 is 5.40 Å². The Kier molecular flexibility index (Phi) is 1.76. The van der Waals surface area contributed by atoms with Crippen molar-refractivity contribution in [2.24, 2.45) is 5.40 Å². The highest BCUT2D eigenvalue weighted by molar-refractivity contribution is 6.50. The summed E-state index contributed by atoms with van der Waals surface area (Å²) in [7, 11) is -2.36. The second kappa shape index (κ2) is 1.90. The van der Waals surface area contributed by atoms with Gasteiger partial charge in [-0.1, -0.05) is 0 Å². The van der Waals surface area contributed by atoms with Crippen LogP contribution in [0.25, 0.3) is 4.51 Å². The summed E-state index contributed by atoms with van der Waals surface area (Å²) < 4.78 is 2.61. The molecule has 0 radical (unpaired) electrons. The summed E-state index contributed by atoms with van der Waals surface area (Å²) in [5.41, 5.74) is 0. The zero-order chi connectivity index (χ0) is 4.28. The molecule has 0 saturated heterocycles. The Hall–Kier alpha value is -0.373. The number of hydrogen-bond acceptors (Lipinski definition) is 2. The normalized spacial score (nSPS) is 13.0. The predicted molar refractivity (Wildman–Crippen MR) is 20.2 cm³/mol. The maximum Gasteiger partial charge on any atom is 0.671 e. The molecule has 0 rings (SSSR count). The van der Waals surface area contributed by atoms with E-state index in [2.05, 4.69) is 9.91 Å². The molecule has 0 aliphatic rings. The van der Waals surface area contributed by atoms with Gasteiger partial charge in [0, 0.05) is 0 Å². The lowest BCUT2D eigenvalue weighted by atomic mass is 11.9. The molecule has 0 aromatic heterocycles. The molecule has 0 amide bonds. The minimum absolute atomic E-state index is 2.36. The van der Waals surface area contributed by atoms with E-state index in [1.165, 1.54) is 0 Å². The van der Waals surface area contributed by atoms with E-state index in [1.54, 1.807) is 0 Å². The monoisotopic (exact) mass is 88.0 g/mol. The molecular formula is CH4N2OSi. The van der Waals surface area contributed by atoms with Crippen molar-refractivity contribution >= 4 is 9.36 Å². The maximum absolute atomic E-state index is 7.92. The third-order valence-corrected chi connectivity index (χ3v) is 0.397. The lowest BCUT2D eigenvalue weighted by Gasteiger charge is -1.69.